The van der Waals surface area contributed by atoms with E-state index in [2.05, 4.69) is 12.2 Å². The molecule has 1 N–H and O–H groups in total. The molecule has 19 heavy (non-hydrogen) atoms. The van der Waals surface area contributed by atoms with E-state index < -0.39 is 0 Å². The van der Waals surface area contributed by atoms with Crippen LogP contribution in [0.15, 0.2) is 18.2 Å². The molecular weight excluding hydrogens is 244 g/mol. The number of nitro groups is 1. The number of hydrogen-bond acceptors (Lipinski definition) is 4. The van der Waals surface area contributed by atoms with E-state index in [1.165, 1.54) is 32.4 Å². The second kappa shape index (κ2) is 5.57. The van der Waals surface area contributed by atoms with Gasteiger partial charge in [0.25, 0.3) is 5.69 Å². The fourth-order valence-corrected chi connectivity index (χ4v) is 2.43. The summed E-state index contributed by atoms with van der Waals surface area (Å²) in [6, 6.07) is 4.87. The maximum atomic E-state index is 10.8. The molecule has 1 aromatic carbocycles. The summed E-state index contributed by atoms with van der Waals surface area (Å²) >= 11 is 0. The minimum atomic E-state index is -0.390. The van der Waals surface area contributed by atoms with Crippen LogP contribution in [-0.4, -0.2) is 18.6 Å². The van der Waals surface area contributed by atoms with Crippen molar-refractivity contribution in [2.75, 3.05) is 13.7 Å². The van der Waals surface area contributed by atoms with Gasteiger partial charge in [-0.1, -0.05) is 13.3 Å². The van der Waals surface area contributed by atoms with E-state index in [4.69, 9.17) is 4.74 Å². The molecule has 1 aliphatic rings. The van der Waals surface area contributed by atoms with Gasteiger partial charge in [0, 0.05) is 19.2 Å². The maximum absolute atomic E-state index is 10.8. The summed E-state index contributed by atoms with van der Waals surface area (Å²) in [6.45, 7) is 3.86. The van der Waals surface area contributed by atoms with Crippen molar-refractivity contribution < 1.29 is 9.66 Å². The number of benzene rings is 1. The van der Waals surface area contributed by atoms with Crippen LogP contribution in [0, 0.1) is 15.5 Å². The maximum Gasteiger partial charge on any atom is 0.273 e. The number of hydrogen-bond donors (Lipinski definition) is 1. The Morgan fingerprint density at radius 3 is 2.68 bits per heavy atom. The molecule has 2 rings (SSSR count). The van der Waals surface area contributed by atoms with Crippen molar-refractivity contribution in [3.8, 4) is 5.75 Å². The van der Waals surface area contributed by atoms with Crippen LogP contribution in [0.25, 0.3) is 0 Å². The highest BCUT2D eigenvalue weighted by atomic mass is 16.6. The average Bonchev–Trinajstić information content (AvgIpc) is 2.36. The van der Waals surface area contributed by atoms with E-state index in [0.29, 0.717) is 17.7 Å². The van der Waals surface area contributed by atoms with E-state index >= 15 is 0 Å². The van der Waals surface area contributed by atoms with Gasteiger partial charge in [0.2, 0.25) is 0 Å². The second-order valence-electron chi connectivity index (χ2n) is 5.56. The quantitative estimate of drug-likeness (QED) is 0.634. The summed E-state index contributed by atoms with van der Waals surface area (Å²) in [4.78, 5) is 10.4. The number of nitrogens with one attached hydrogen (secondary N) is 1. The first kappa shape index (κ1) is 13.8. The van der Waals surface area contributed by atoms with Gasteiger partial charge in [0.1, 0.15) is 5.75 Å². The molecule has 5 heteroatoms. The third kappa shape index (κ3) is 3.44. The predicted molar refractivity (Wildman–Crippen MR) is 73.3 cm³/mol. The molecule has 0 aromatic heterocycles. The van der Waals surface area contributed by atoms with Crippen LogP contribution < -0.4 is 10.1 Å². The van der Waals surface area contributed by atoms with Crippen LogP contribution in [0.1, 0.15) is 31.7 Å². The van der Waals surface area contributed by atoms with Crippen molar-refractivity contribution >= 4 is 5.69 Å². The molecule has 1 fully saturated rings. The molecule has 1 aliphatic carbocycles. The summed E-state index contributed by atoms with van der Waals surface area (Å²) < 4.78 is 5.09. The Morgan fingerprint density at radius 2 is 2.16 bits per heavy atom. The summed E-state index contributed by atoms with van der Waals surface area (Å²) in [5.74, 6) is 0.529. The molecule has 0 spiro atoms. The minimum absolute atomic E-state index is 0.0750. The van der Waals surface area contributed by atoms with Gasteiger partial charge in [-0.3, -0.25) is 10.1 Å². The zero-order chi connectivity index (χ0) is 13.9. The average molecular weight is 264 g/mol. The van der Waals surface area contributed by atoms with Gasteiger partial charge in [-0.05, 0) is 29.9 Å². The van der Waals surface area contributed by atoms with Gasteiger partial charge in [-0.15, -0.1) is 0 Å². The topological polar surface area (TPSA) is 64.4 Å². The van der Waals surface area contributed by atoms with Crippen molar-refractivity contribution in [1.82, 2.24) is 5.32 Å². The first-order valence-electron chi connectivity index (χ1n) is 6.55. The van der Waals surface area contributed by atoms with Crippen LogP contribution in [0.3, 0.4) is 0 Å². The van der Waals surface area contributed by atoms with Gasteiger partial charge < -0.3 is 10.1 Å². The van der Waals surface area contributed by atoms with Crippen molar-refractivity contribution in [2.45, 2.75) is 32.7 Å². The molecule has 0 amide bonds. The molecule has 1 saturated carbocycles. The van der Waals surface area contributed by atoms with E-state index in [0.717, 1.165) is 12.1 Å². The first-order chi connectivity index (χ1) is 9.02. The third-order valence-corrected chi connectivity index (χ3v) is 3.84. The summed E-state index contributed by atoms with van der Waals surface area (Å²) in [6.07, 6.45) is 3.83. The van der Waals surface area contributed by atoms with Crippen LogP contribution >= 0.6 is 0 Å². The van der Waals surface area contributed by atoms with E-state index in [-0.39, 0.29) is 10.6 Å². The smallest absolute Gasteiger partial charge is 0.273 e. The number of rotatable bonds is 6. The number of ether oxygens (including phenoxy) is 1. The molecule has 104 valence electrons. The third-order valence-electron chi connectivity index (χ3n) is 3.84. The first-order valence-corrected chi connectivity index (χ1v) is 6.55. The Balaban J connectivity index is 1.98. The Bertz CT molecular complexity index is 470. The molecule has 0 atom stereocenters. The second-order valence-corrected chi connectivity index (χ2v) is 5.56. The normalized spacial score (nSPS) is 16.7. The summed E-state index contributed by atoms with van der Waals surface area (Å²) in [5.41, 5.74) is 1.37. The van der Waals surface area contributed by atoms with Crippen LogP contribution in [0.2, 0.25) is 0 Å². The van der Waals surface area contributed by atoms with Crippen molar-refractivity contribution in [3.63, 3.8) is 0 Å². The monoisotopic (exact) mass is 264 g/mol. The van der Waals surface area contributed by atoms with Crippen molar-refractivity contribution in [1.29, 1.82) is 0 Å². The number of methoxy groups -OCH3 is 1. The highest BCUT2D eigenvalue weighted by molar-refractivity contribution is 5.42. The highest BCUT2D eigenvalue weighted by Crippen LogP contribution is 2.39. The lowest BCUT2D eigenvalue weighted by Gasteiger charge is -2.38. The molecule has 5 nitrogen and oxygen atoms in total. The van der Waals surface area contributed by atoms with Crippen LogP contribution in [0.5, 0.6) is 5.75 Å². The molecule has 0 radical (unpaired) electrons. The lowest BCUT2D eigenvalue weighted by molar-refractivity contribution is -0.385. The number of nitro benzene ring substituents is 1. The molecule has 0 heterocycles. The Hall–Kier alpha value is -1.62. The zero-order valence-corrected chi connectivity index (χ0v) is 11.4. The molecule has 0 bridgehead atoms. The molecule has 1 aromatic rings. The van der Waals surface area contributed by atoms with Gasteiger partial charge in [0.15, 0.2) is 0 Å². The van der Waals surface area contributed by atoms with E-state index in [1.807, 2.05) is 6.07 Å². The molecule has 0 unspecified atom stereocenters. The molecule has 0 aliphatic heterocycles. The van der Waals surface area contributed by atoms with E-state index in [1.54, 1.807) is 6.07 Å². The Kier molecular flexibility index (Phi) is 4.04. The van der Waals surface area contributed by atoms with Crippen molar-refractivity contribution in [3.05, 3.63) is 33.9 Å². The Morgan fingerprint density at radius 1 is 1.42 bits per heavy atom. The van der Waals surface area contributed by atoms with Crippen molar-refractivity contribution in [2.24, 2.45) is 5.41 Å². The Labute approximate surface area is 113 Å². The summed E-state index contributed by atoms with van der Waals surface area (Å²) in [5, 5.41) is 14.2. The number of nitrogens with zero attached hydrogens (tertiary/aromatic N) is 1. The lowest BCUT2D eigenvalue weighted by atomic mass is 9.70. The fraction of sp³-hybridized carbons (Fsp3) is 0.571. The fourth-order valence-electron chi connectivity index (χ4n) is 2.43. The molecule has 0 saturated heterocycles. The number of non-ortho nitro benzene ring substituents is 1. The van der Waals surface area contributed by atoms with Crippen LogP contribution in [-0.2, 0) is 6.54 Å². The van der Waals surface area contributed by atoms with Gasteiger partial charge in [-0.25, -0.2) is 0 Å². The molecular formula is C14H20N2O3. The minimum Gasteiger partial charge on any atom is -0.496 e. The van der Waals surface area contributed by atoms with Crippen LogP contribution in [0.4, 0.5) is 5.69 Å². The standard InChI is InChI=1S/C14H20N2O3/c1-14(4-3-5-14)10-15-9-11-6-12(16(17)18)8-13(7-11)19-2/h6-8,15H,3-5,9-10H2,1-2H3. The van der Waals surface area contributed by atoms with E-state index in [9.17, 15) is 10.1 Å². The predicted octanol–water partition coefficient (Wildman–Crippen LogP) is 2.88. The van der Waals surface area contributed by atoms with Gasteiger partial charge >= 0.3 is 0 Å². The zero-order valence-electron chi connectivity index (χ0n) is 11.4. The highest BCUT2D eigenvalue weighted by Gasteiger charge is 2.30. The summed E-state index contributed by atoms with van der Waals surface area (Å²) in [7, 11) is 1.52. The van der Waals surface area contributed by atoms with Gasteiger partial charge in [-0.2, -0.15) is 0 Å². The SMILES string of the molecule is COc1cc(CNCC2(C)CCC2)cc([N+](=O)[O-])c1. The van der Waals surface area contributed by atoms with Gasteiger partial charge in [0.05, 0.1) is 18.1 Å². The largest absolute Gasteiger partial charge is 0.496 e. The lowest BCUT2D eigenvalue weighted by Crippen LogP contribution is -2.36.